The van der Waals surface area contributed by atoms with Crippen molar-refractivity contribution in [3.8, 4) is 5.75 Å². The van der Waals surface area contributed by atoms with Crippen molar-refractivity contribution in [1.82, 2.24) is 0 Å². The fourth-order valence-corrected chi connectivity index (χ4v) is 2.33. The summed E-state index contributed by atoms with van der Waals surface area (Å²) in [6.07, 6.45) is 2.67. The molecular formula is C21H20N2O. The van der Waals surface area contributed by atoms with Gasteiger partial charge in [-0.2, -0.15) is 5.10 Å². The summed E-state index contributed by atoms with van der Waals surface area (Å²) in [6.45, 7) is 0.640. The van der Waals surface area contributed by atoms with Crippen molar-refractivity contribution in [2.45, 2.75) is 6.42 Å². The standard InChI is InChI=1S/C21H20N2O/c1-3-9-18(10-4-1)15-16-24-21-14-8-7-11-19(21)17-22-23-20-12-5-2-6-13-20/h1-14,17,23H,15-16H2. The number of hydrazone groups is 1. The maximum atomic E-state index is 5.92. The van der Waals surface area contributed by atoms with E-state index in [-0.39, 0.29) is 0 Å². The summed E-state index contributed by atoms with van der Waals surface area (Å²) in [5.74, 6) is 0.840. The van der Waals surface area contributed by atoms with Crippen LogP contribution in [0.5, 0.6) is 5.75 Å². The van der Waals surface area contributed by atoms with Gasteiger partial charge in [0.05, 0.1) is 18.5 Å². The summed E-state index contributed by atoms with van der Waals surface area (Å²) < 4.78 is 5.92. The van der Waals surface area contributed by atoms with Crippen LogP contribution in [0.1, 0.15) is 11.1 Å². The highest BCUT2D eigenvalue weighted by Crippen LogP contribution is 2.16. The summed E-state index contributed by atoms with van der Waals surface area (Å²) in [5, 5.41) is 4.28. The van der Waals surface area contributed by atoms with Gasteiger partial charge in [-0.05, 0) is 29.8 Å². The van der Waals surface area contributed by atoms with Crippen molar-refractivity contribution in [1.29, 1.82) is 0 Å². The van der Waals surface area contributed by atoms with Gasteiger partial charge < -0.3 is 4.74 Å². The molecule has 1 N–H and O–H groups in total. The zero-order valence-corrected chi connectivity index (χ0v) is 13.4. The Bertz CT molecular complexity index is 770. The topological polar surface area (TPSA) is 33.6 Å². The molecule has 3 aromatic rings. The lowest BCUT2D eigenvalue weighted by Gasteiger charge is -2.09. The highest BCUT2D eigenvalue weighted by molar-refractivity contribution is 5.83. The zero-order chi connectivity index (χ0) is 16.5. The monoisotopic (exact) mass is 316 g/mol. The number of rotatable bonds is 7. The molecule has 3 nitrogen and oxygen atoms in total. The molecule has 0 fully saturated rings. The van der Waals surface area contributed by atoms with E-state index in [1.165, 1.54) is 5.56 Å². The molecule has 3 rings (SSSR count). The summed E-state index contributed by atoms with van der Waals surface area (Å²) in [7, 11) is 0. The van der Waals surface area contributed by atoms with Crippen LogP contribution in [0.15, 0.2) is 90.0 Å². The van der Waals surface area contributed by atoms with Crippen molar-refractivity contribution in [3.05, 3.63) is 96.1 Å². The highest BCUT2D eigenvalue weighted by Gasteiger charge is 2.01. The van der Waals surface area contributed by atoms with Crippen LogP contribution in [0.3, 0.4) is 0 Å². The Labute approximate surface area is 142 Å². The van der Waals surface area contributed by atoms with Gasteiger partial charge in [0.2, 0.25) is 0 Å². The van der Waals surface area contributed by atoms with Crippen molar-refractivity contribution in [3.63, 3.8) is 0 Å². The Morgan fingerprint density at radius 3 is 2.25 bits per heavy atom. The van der Waals surface area contributed by atoms with E-state index in [1.807, 2.05) is 72.8 Å². The van der Waals surface area contributed by atoms with Crippen LogP contribution in [0, 0.1) is 0 Å². The molecule has 0 spiro atoms. The number of hydrogen-bond donors (Lipinski definition) is 1. The van der Waals surface area contributed by atoms with Crippen LogP contribution in [-0.4, -0.2) is 12.8 Å². The summed E-state index contributed by atoms with van der Waals surface area (Å²) >= 11 is 0. The second kappa shape index (κ2) is 8.53. The second-order valence-corrected chi connectivity index (χ2v) is 5.36. The number of ether oxygens (including phenoxy) is 1. The molecule has 24 heavy (non-hydrogen) atoms. The minimum Gasteiger partial charge on any atom is -0.493 e. The van der Waals surface area contributed by atoms with Crippen LogP contribution in [0.4, 0.5) is 5.69 Å². The van der Waals surface area contributed by atoms with Crippen LogP contribution < -0.4 is 10.2 Å². The Balaban J connectivity index is 1.58. The van der Waals surface area contributed by atoms with Gasteiger partial charge >= 0.3 is 0 Å². The Morgan fingerprint density at radius 2 is 1.46 bits per heavy atom. The van der Waals surface area contributed by atoms with E-state index in [2.05, 4.69) is 22.7 Å². The molecule has 0 aliphatic carbocycles. The highest BCUT2D eigenvalue weighted by atomic mass is 16.5. The molecule has 0 saturated heterocycles. The van der Waals surface area contributed by atoms with Crippen molar-refractivity contribution in [2.75, 3.05) is 12.0 Å². The van der Waals surface area contributed by atoms with Gasteiger partial charge in [0, 0.05) is 12.0 Å². The predicted octanol–water partition coefficient (Wildman–Crippen LogP) is 4.75. The molecule has 0 amide bonds. The van der Waals surface area contributed by atoms with Crippen molar-refractivity contribution < 1.29 is 4.74 Å². The first-order valence-corrected chi connectivity index (χ1v) is 8.02. The molecule has 0 radical (unpaired) electrons. The lowest BCUT2D eigenvalue weighted by atomic mass is 10.2. The summed E-state index contributed by atoms with van der Waals surface area (Å²) in [4.78, 5) is 0. The van der Waals surface area contributed by atoms with Crippen LogP contribution >= 0.6 is 0 Å². The molecule has 120 valence electrons. The number of para-hydroxylation sites is 2. The quantitative estimate of drug-likeness (QED) is 0.504. The molecule has 0 heterocycles. The number of benzene rings is 3. The van der Waals surface area contributed by atoms with E-state index in [4.69, 9.17) is 4.74 Å². The van der Waals surface area contributed by atoms with Crippen LogP contribution in [-0.2, 0) is 6.42 Å². The number of nitrogens with one attached hydrogen (secondary N) is 1. The summed E-state index contributed by atoms with van der Waals surface area (Å²) in [5.41, 5.74) is 6.20. The van der Waals surface area contributed by atoms with E-state index in [9.17, 15) is 0 Å². The second-order valence-electron chi connectivity index (χ2n) is 5.36. The Kier molecular flexibility index (Phi) is 5.62. The Hall–Kier alpha value is -3.07. The third kappa shape index (κ3) is 4.71. The van der Waals surface area contributed by atoms with Gasteiger partial charge in [-0.3, -0.25) is 5.43 Å². The lowest BCUT2D eigenvalue weighted by molar-refractivity contribution is 0.321. The minimum absolute atomic E-state index is 0.640. The van der Waals surface area contributed by atoms with E-state index in [0.717, 1.165) is 23.4 Å². The number of nitrogens with zero attached hydrogens (tertiary/aromatic N) is 1. The molecule has 0 unspecified atom stereocenters. The van der Waals surface area contributed by atoms with Gasteiger partial charge in [0.1, 0.15) is 5.75 Å². The fraction of sp³-hybridized carbons (Fsp3) is 0.0952. The molecule has 0 bridgehead atoms. The van der Waals surface area contributed by atoms with E-state index in [0.29, 0.717) is 6.61 Å². The van der Waals surface area contributed by atoms with E-state index >= 15 is 0 Å². The van der Waals surface area contributed by atoms with Gasteiger partial charge in [-0.15, -0.1) is 0 Å². The smallest absolute Gasteiger partial charge is 0.128 e. The third-order valence-corrected chi connectivity index (χ3v) is 3.58. The third-order valence-electron chi connectivity index (χ3n) is 3.58. The van der Waals surface area contributed by atoms with Gasteiger partial charge in [0.25, 0.3) is 0 Å². The fourth-order valence-electron chi connectivity index (χ4n) is 2.33. The molecule has 0 atom stereocenters. The maximum absolute atomic E-state index is 5.92. The SMILES string of the molecule is C(=NNc1ccccc1)c1ccccc1OCCc1ccccc1. The molecular weight excluding hydrogens is 296 g/mol. The lowest BCUT2D eigenvalue weighted by Crippen LogP contribution is -2.03. The molecule has 0 aliphatic rings. The van der Waals surface area contributed by atoms with Crippen molar-refractivity contribution >= 4 is 11.9 Å². The van der Waals surface area contributed by atoms with E-state index < -0.39 is 0 Å². The average molecular weight is 316 g/mol. The maximum Gasteiger partial charge on any atom is 0.128 e. The minimum atomic E-state index is 0.640. The molecule has 0 aliphatic heterocycles. The van der Waals surface area contributed by atoms with Crippen LogP contribution in [0.2, 0.25) is 0 Å². The van der Waals surface area contributed by atoms with Crippen LogP contribution in [0.25, 0.3) is 0 Å². The summed E-state index contributed by atoms with van der Waals surface area (Å²) in [6, 6.07) is 28.1. The first kappa shape index (κ1) is 15.8. The van der Waals surface area contributed by atoms with Gasteiger partial charge in [0.15, 0.2) is 0 Å². The molecule has 3 aromatic carbocycles. The van der Waals surface area contributed by atoms with Crippen molar-refractivity contribution in [2.24, 2.45) is 5.10 Å². The average Bonchev–Trinajstić information content (AvgIpc) is 2.65. The first-order valence-electron chi connectivity index (χ1n) is 8.02. The molecule has 0 saturated carbocycles. The Morgan fingerprint density at radius 1 is 0.792 bits per heavy atom. The van der Waals surface area contributed by atoms with Gasteiger partial charge in [-0.25, -0.2) is 0 Å². The molecule has 0 aromatic heterocycles. The van der Waals surface area contributed by atoms with Gasteiger partial charge in [-0.1, -0.05) is 60.7 Å². The zero-order valence-electron chi connectivity index (χ0n) is 13.4. The first-order chi connectivity index (χ1) is 11.9. The molecule has 3 heteroatoms. The van der Waals surface area contributed by atoms with E-state index in [1.54, 1.807) is 6.21 Å². The predicted molar refractivity (Wildman–Crippen MR) is 99.7 cm³/mol. The number of hydrogen-bond acceptors (Lipinski definition) is 3. The largest absolute Gasteiger partial charge is 0.493 e. The normalized spacial score (nSPS) is 10.7. The number of anilines is 1.